The van der Waals surface area contributed by atoms with E-state index in [1.165, 1.54) is 5.56 Å². The summed E-state index contributed by atoms with van der Waals surface area (Å²) in [5.74, 6) is 0. The molecule has 2 rings (SSSR count). The van der Waals surface area contributed by atoms with E-state index in [9.17, 15) is 0 Å². The first-order valence-electron chi connectivity index (χ1n) is 4.37. The van der Waals surface area contributed by atoms with Gasteiger partial charge in [0.05, 0.1) is 0 Å². The van der Waals surface area contributed by atoms with E-state index in [1.54, 1.807) is 7.11 Å². The third kappa shape index (κ3) is 1.05. The molecular weight excluding hydrogens is 162 g/mol. The second kappa shape index (κ2) is 2.86. The molecule has 0 fully saturated rings. The first kappa shape index (κ1) is 8.28. The lowest BCUT2D eigenvalue weighted by Gasteiger charge is -2.19. The van der Waals surface area contributed by atoms with Crippen LogP contribution in [0, 0.1) is 11.3 Å². The highest BCUT2D eigenvalue weighted by Crippen LogP contribution is 2.38. The van der Waals surface area contributed by atoms with Crippen molar-refractivity contribution in [2.75, 3.05) is 7.11 Å². The Morgan fingerprint density at radius 1 is 1.46 bits per heavy atom. The average Bonchev–Trinajstić information content (AvgIpc) is 2.58. The molecule has 1 atom stereocenters. The first-order chi connectivity index (χ1) is 6.32. The molecule has 2 heteroatoms. The largest absolute Gasteiger partial charge is 0.359 e. The lowest BCUT2D eigenvalue weighted by Crippen LogP contribution is -2.22. The first-order valence-corrected chi connectivity index (χ1v) is 4.37. The second-order valence-corrected chi connectivity index (χ2v) is 3.30. The highest BCUT2D eigenvalue weighted by molar-refractivity contribution is 5.41. The third-order valence-electron chi connectivity index (χ3n) is 2.73. The summed E-state index contributed by atoms with van der Waals surface area (Å²) in [6, 6.07) is 10.3. The highest BCUT2D eigenvalue weighted by Gasteiger charge is 2.38. The zero-order chi connectivity index (χ0) is 9.31. The Morgan fingerprint density at radius 3 is 2.92 bits per heavy atom. The summed E-state index contributed by atoms with van der Waals surface area (Å²) in [7, 11) is 1.60. The van der Waals surface area contributed by atoms with Gasteiger partial charge in [0.2, 0.25) is 0 Å². The van der Waals surface area contributed by atoms with Gasteiger partial charge < -0.3 is 4.74 Å². The number of rotatable bonds is 1. The Balaban J connectivity index is 2.55. The Bertz CT molecular complexity index is 367. The fourth-order valence-corrected chi connectivity index (χ4v) is 1.95. The normalized spacial score (nSPS) is 25.2. The fraction of sp³-hybridized carbons (Fsp3) is 0.364. The number of methoxy groups -OCH3 is 1. The molecule has 0 N–H and O–H groups in total. The van der Waals surface area contributed by atoms with Crippen LogP contribution in [0.2, 0.25) is 0 Å². The van der Waals surface area contributed by atoms with Gasteiger partial charge in [-0.25, -0.2) is 0 Å². The molecule has 1 aromatic carbocycles. The maximum atomic E-state index is 9.09. The maximum Gasteiger partial charge on any atom is 0.179 e. The zero-order valence-corrected chi connectivity index (χ0v) is 7.58. The second-order valence-electron chi connectivity index (χ2n) is 3.30. The van der Waals surface area contributed by atoms with Gasteiger partial charge in [-0.2, -0.15) is 5.26 Å². The zero-order valence-electron chi connectivity index (χ0n) is 7.58. The average molecular weight is 173 g/mol. The molecule has 0 heterocycles. The number of nitriles is 1. The monoisotopic (exact) mass is 173 g/mol. The van der Waals surface area contributed by atoms with Crippen LogP contribution < -0.4 is 0 Å². The van der Waals surface area contributed by atoms with E-state index in [2.05, 4.69) is 12.1 Å². The summed E-state index contributed by atoms with van der Waals surface area (Å²) in [6.07, 6.45) is 1.72. The number of benzene rings is 1. The molecular formula is C11H11NO. The van der Waals surface area contributed by atoms with Crippen molar-refractivity contribution in [3.05, 3.63) is 35.4 Å². The van der Waals surface area contributed by atoms with Gasteiger partial charge in [0, 0.05) is 12.7 Å². The SMILES string of the molecule is COC1(C#N)CCc2ccccc21. The predicted octanol–water partition coefficient (Wildman–Crippen LogP) is 2.00. The van der Waals surface area contributed by atoms with Gasteiger partial charge >= 0.3 is 0 Å². The number of nitrogens with zero attached hydrogens (tertiary/aromatic N) is 1. The van der Waals surface area contributed by atoms with E-state index >= 15 is 0 Å². The van der Waals surface area contributed by atoms with Gasteiger partial charge in [-0.15, -0.1) is 0 Å². The quantitative estimate of drug-likeness (QED) is 0.650. The molecule has 0 aromatic heterocycles. The van der Waals surface area contributed by atoms with Gasteiger partial charge in [0.1, 0.15) is 6.07 Å². The van der Waals surface area contributed by atoms with Crippen LogP contribution >= 0.6 is 0 Å². The van der Waals surface area contributed by atoms with E-state index in [4.69, 9.17) is 10.00 Å². The van der Waals surface area contributed by atoms with Crippen LogP contribution in [0.5, 0.6) is 0 Å². The van der Waals surface area contributed by atoms with Crippen molar-refractivity contribution < 1.29 is 4.74 Å². The molecule has 2 nitrogen and oxygen atoms in total. The molecule has 66 valence electrons. The standard InChI is InChI=1S/C11H11NO/c1-13-11(8-12)7-6-9-4-2-3-5-10(9)11/h2-5H,6-7H2,1H3. The van der Waals surface area contributed by atoms with Crippen LogP contribution in [0.25, 0.3) is 0 Å². The minimum Gasteiger partial charge on any atom is -0.359 e. The van der Waals surface area contributed by atoms with E-state index in [0.29, 0.717) is 0 Å². The maximum absolute atomic E-state index is 9.09. The molecule has 1 aliphatic carbocycles. The van der Waals surface area contributed by atoms with E-state index < -0.39 is 5.60 Å². The lowest BCUT2D eigenvalue weighted by molar-refractivity contribution is 0.0379. The minimum absolute atomic E-state index is 0.684. The molecule has 0 aliphatic heterocycles. The molecule has 0 radical (unpaired) electrons. The number of fused-ring (bicyclic) bond motifs is 1. The summed E-state index contributed by atoms with van der Waals surface area (Å²) in [6.45, 7) is 0. The molecule has 0 spiro atoms. The van der Waals surface area contributed by atoms with Crippen molar-refractivity contribution >= 4 is 0 Å². The summed E-state index contributed by atoms with van der Waals surface area (Å²) in [4.78, 5) is 0. The molecule has 0 saturated carbocycles. The van der Waals surface area contributed by atoms with Gasteiger partial charge in [-0.3, -0.25) is 0 Å². The van der Waals surface area contributed by atoms with Crippen molar-refractivity contribution in [3.8, 4) is 6.07 Å². The smallest absolute Gasteiger partial charge is 0.179 e. The third-order valence-corrected chi connectivity index (χ3v) is 2.73. The van der Waals surface area contributed by atoms with Crippen LogP contribution in [0.15, 0.2) is 24.3 Å². The molecule has 1 aromatic rings. The Kier molecular flexibility index (Phi) is 1.82. The van der Waals surface area contributed by atoms with E-state index in [-0.39, 0.29) is 0 Å². The number of ether oxygens (including phenoxy) is 1. The lowest BCUT2D eigenvalue weighted by atomic mass is 9.98. The number of aryl methyl sites for hydroxylation is 1. The number of hydrogen-bond donors (Lipinski definition) is 0. The van der Waals surface area contributed by atoms with Crippen LogP contribution in [-0.2, 0) is 16.8 Å². The fourth-order valence-electron chi connectivity index (χ4n) is 1.95. The molecule has 0 amide bonds. The van der Waals surface area contributed by atoms with Gasteiger partial charge in [0.15, 0.2) is 5.60 Å². The molecule has 1 unspecified atom stereocenters. The Morgan fingerprint density at radius 2 is 2.23 bits per heavy atom. The van der Waals surface area contributed by atoms with Crippen molar-refractivity contribution in [2.45, 2.75) is 18.4 Å². The molecule has 1 aliphatic rings. The summed E-state index contributed by atoms with van der Waals surface area (Å²) in [5, 5.41) is 9.09. The predicted molar refractivity (Wildman–Crippen MR) is 49.1 cm³/mol. The van der Waals surface area contributed by atoms with Crippen LogP contribution in [0.1, 0.15) is 17.5 Å². The molecule has 13 heavy (non-hydrogen) atoms. The topological polar surface area (TPSA) is 33.0 Å². The molecule has 0 saturated heterocycles. The van der Waals surface area contributed by atoms with Gasteiger partial charge in [0.25, 0.3) is 0 Å². The summed E-state index contributed by atoms with van der Waals surface area (Å²) >= 11 is 0. The minimum atomic E-state index is -0.684. The van der Waals surface area contributed by atoms with Crippen LogP contribution in [0.3, 0.4) is 0 Å². The van der Waals surface area contributed by atoms with Crippen LogP contribution in [-0.4, -0.2) is 7.11 Å². The van der Waals surface area contributed by atoms with Gasteiger partial charge in [-0.1, -0.05) is 24.3 Å². The highest BCUT2D eigenvalue weighted by atomic mass is 16.5. The number of hydrogen-bond acceptors (Lipinski definition) is 2. The van der Waals surface area contributed by atoms with Crippen molar-refractivity contribution in [3.63, 3.8) is 0 Å². The van der Waals surface area contributed by atoms with Crippen molar-refractivity contribution in [1.29, 1.82) is 5.26 Å². The van der Waals surface area contributed by atoms with Gasteiger partial charge in [-0.05, 0) is 18.4 Å². The van der Waals surface area contributed by atoms with E-state index in [0.717, 1.165) is 18.4 Å². The summed E-state index contributed by atoms with van der Waals surface area (Å²) in [5.41, 5.74) is 1.60. The van der Waals surface area contributed by atoms with Crippen LogP contribution in [0.4, 0.5) is 0 Å². The molecule has 0 bridgehead atoms. The Hall–Kier alpha value is -1.33. The summed E-state index contributed by atoms with van der Waals surface area (Å²) < 4.78 is 5.31. The van der Waals surface area contributed by atoms with E-state index in [1.807, 2.05) is 18.2 Å². The van der Waals surface area contributed by atoms with Crippen molar-refractivity contribution in [1.82, 2.24) is 0 Å². The van der Waals surface area contributed by atoms with Crippen molar-refractivity contribution in [2.24, 2.45) is 0 Å². The Labute approximate surface area is 77.8 Å².